The Morgan fingerprint density at radius 1 is 1.30 bits per heavy atom. The van der Waals surface area contributed by atoms with Crippen molar-refractivity contribution in [3.63, 3.8) is 0 Å². The van der Waals surface area contributed by atoms with Crippen LogP contribution in [0.1, 0.15) is 58.1 Å². The van der Waals surface area contributed by atoms with Crippen molar-refractivity contribution >= 4 is 11.1 Å². The summed E-state index contributed by atoms with van der Waals surface area (Å²) in [6, 6.07) is 9.14. The fourth-order valence-electron chi connectivity index (χ4n) is 3.56. The van der Waals surface area contributed by atoms with Crippen LogP contribution < -0.4 is 5.32 Å². The largest absolute Gasteiger partial charge is 0.310 e. The van der Waals surface area contributed by atoms with Crippen molar-refractivity contribution < 1.29 is 0 Å². The van der Waals surface area contributed by atoms with Crippen LogP contribution in [-0.4, -0.2) is 13.1 Å². The summed E-state index contributed by atoms with van der Waals surface area (Å²) >= 11 is 0. The molecule has 0 fully saturated rings. The van der Waals surface area contributed by atoms with Crippen LogP contribution in [0.2, 0.25) is 0 Å². The van der Waals surface area contributed by atoms with Crippen molar-refractivity contribution in [3.8, 4) is 0 Å². The molecule has 1 heteroatoms. The van der Waals surface area contributed by atoms with E-state index in [9.17, 15) is 0 Å². The molecule has 0 bridgehead atoms. The highest BCUT2D eigenvalue weighted by molar-refractivity contribution is 5.76. The molecule has 2 unspecified atom stereocenters. The average molecular weight is 309 g/mol. The number of benzene rings is 1. The van der Waals surface area contributed by atoms with Gasteiger partial charge in [0.15, 0.2) is 0 Å². The van der Waals surface area contributed by atoms with Crippen LogP contribution in [0.25, 0.3) is 11.1 Å². The standard InChI is InChI=1S/C22H31N/c1-7-9-20-21(23-6)19(14-15-22(20,5)8-2)18-12-10-17(11-13-18)16(3)4/h9-14,21,23H,3,7-8,15H2,1-2,4-6H3/b20-9-. The lowest BCUT2D eigenvalue weighted by Crippen LogP contribution is -2.39. The van der Waals surface area contributed by atoms with Gasteiger partial charge in [-0.15, -0.1) is 0 Å². The lowest BCUT2D eigenvalue weighted by atomic mass is 9.67. The zero-order valence-corrected chi connectivity index (χ0v) is 15.4. The Bertz CT molecular complexity index is 618. The molecule has 0 radical (unpaired) electrons. The van der Waals surface area contributed by atoms with E-state index in [-0.39, 0.29) is 5.41 Å². The minimum atomic E-state index is 0.269. The number of hydrogen-bond donors (Lipinski definition) is 1. The van der Waals surface area contributed by atoms with Crippen molar-refractivity contribution in [3.05, 3.63) is 59.7 Å². The average Bonchev–Trinajstić information content (AvgIpc) is 2.56. The Kier molecular flexibility index (Phi) is 5.64. The molecule has 1 aliphatic carbocycles. The second-order valence-electron chi connectivity index (χ2n) is 6.92. The molecule has 2 rings (SSSR count). The van der Waals surface area contributed by atoms with E-state index in [4.69, 9.17) is 0 Å². The van der Waals surface area contributed by atoms with E-state index in [1.807, 2.05) is 0 Å². The molecule has 1 N–H and O–H groups in total. The van der Waals surface area contributed by atoms with Crippen molar-refractivity contribution in [2.75, 3.05) is 7.05 Å². The molecule has 0 amide bonds. The molecule has 2 atom stereocenters. The molecule has 1 aliphatic rings. The highest BCUT2D eigenvalue weighted by Gasteiger charge is 2.36. The topological polar surface area (TPSA) is 12.0 Å². The maximum absolute atomic E-state index is 4.03. The van der Waals surface area contributed by atoms with E-state index in [1.165, 1.54) is 23.1 Å². The van der Waals surface area contributed by atoms with Gasteiger partial charge in [-0.25, -0.2) is 0 Å². The molecule has 0 aliphatic heterocycles. The third-order valence-corrected chi connectivity index (χ3v) is 5.30. The third kappa shape index (κ3) is 3.50. The first-order chi connectivity index (χ1) is 11.0. The molecule has 0 aromatic heterocycles. The fourth-order valence-corrected chi connectivity index (χ4v) is 3.56. The summed E-state index contributed by atoms with van der Waals surface area (Å²) in [7, 11) is 2.08. The number of rotatable bonds is 5. The quantitative estimate of drug-likeness (QED) is 0.673. The second-order valence-corrected chi connectivity index (χ2v) is 6.92. The summed E-state index contributed by atoms with van der Waals surface area (Å²) < 4.78 is 0. The Balaban J connectivity index is 2.45. The zero-order chi connectivity index (χ0) is 17.0. The summed E-state index contributed by atoms with van der Waals surface area (Å²) in [5.74, 6) is 0. The molecule has 1 nitrogen and oxygen atoms in total. The first-order valence-corrected chi connectivity index (χ1v) is 8.81. The minimum absolute atomic E-state index is 0.269. The normalized spacial score (nSPS) is 26.2. The molecular weight excluding hydrogens is 278 g/mol. The van der Waals surface area contributed by atoms with Gasteiger partial charge in [0.2, 0.25) is 0 Å². The number of nitrogens with one attached hydrogen (secondary N) is 1. The van der Waals surface area contributed by atoms with E-state index in [0.29, 0.717) is 6.04 Å². The van der Waals surface area contributed by atoms with E-state index in [2.05, 4.69) is 83.1 Å². The van der Waals surface area contributed by atoms with Crippen LogP contribution in [-0.2, 0) is 0 Å². The Labute approximate surface area is 142 Å². The minimum Gasteiger partial charge on any atom is -0.310 e. The van der Waals surface area contributed by atoms with E-state index in [0.717, 1.165) is 18.4 Å². The van der Waals surface area contributed by atoms with E-state index < -0.39 is 0 Å². The van der Waals surface area contributed by atoms with Gasteiger partial charge in [0, 0.05) is 0 Å². The van der Waals surface area contributed by atoms with Crippen LogP contribution in [0.15, 0.2) is 48.6 Å². The second kappa shape index (κ2) is 7.31. The van der Waals surface area contributed by atoms with Gasteiger partial charge in [-0.05, 0) is 60.9 Å². The van der Waals surface area contributed by atoms with Gasteiger partial charge < -0.3 is 5.32 Å². The van der Waals surface area contributed by atoms with Crippen LogP contribution in [0, 0.1) is 5.41 Å². The van der Waals surface area contributed by atoms with Crippen molar-refractivity contribution in [2.45, 2.75) is 53.0 Å². The summed E-state index contributed by atoms with van der Waals surface area (Å²) in [5.41, 5.74) is 6.87. The number of likely N-dealkylation sites (N-methyl/N-ethyl adjacent to an activating group) is 1. The first-order valence-electron chi connectivity index (χ1n) is 8.81. The zero-order valence-electron chi connectivity index (χ0n) is 15.4. The maximum Gasteiger partial charge on any atom is 0.0541 e. The Hall–Kier alpha value is -1.60. The van der Waals surface area contributed by atoms with Gasteiger partial charge in [-0.1, -0.05) is 69.3 Å². The Morgan fingerprint density at radius 3 is 2.43 bits per heavy atom. The van der Waals surface area contributed by atoms with Crippen molar-refractivity contribution in [1.82, 2.24) is 5.32 Å². The van der Waals surface area contributed by atoms with Crippen LogP contribution in [0.5, 0.6) is 0 Å². The molecule has 1 aromatic rings. The third-order valence-electron chi connectivity index (χ3n) is 5.30. The molecule has 0 saturated carbocycles. The van der Waals surface area contributed by atoms with Gasteiger partial charge in [0.05, 0.1) is 6.04 Å². The molecule has 1 aromatic carbocycles. The predicted molar refractivity (Wildman–Crippen MR) is 103 cm³/mol. The monoisotopic (exact) mass is 309 g/mol. The predicted octanol–water partition coefficient (Wildman–Crippen LogP) is 5.85. The van der Waals surface area contributed by atoms with Gasteiger partial charge >= 0.3 is 0 Å². The summed E-state index contributed by atoms with van der Waals surface area (Å²) in [5, 5.41) is 3.56. The highest BCUT2D eigenvalue weighted by atomic mass is 14.9. The lowest BCUT2D eigenvalue weighted by Gasteiger charge is -2.41. The fraction of sp³-hybridized carbons (Fsp3) is 0.455. The lowest BCUT2D eigenvalue weighted by molar-refractivity contribution is 0.354. The first kappa shape index (κ1) is 17.7. The molecule has 0 saturated heterocycles. The van der Waals surface area contributed by atoms with Gasteiger partial charge in [-0.3, -0.25) is 0 Å². The Morgan fingerprint density at radius 2 is 1.96 bits per heavy atom. The molecular formula is C22H31N. The smallest absolute Gasteiger partial charge is 0.0541 e. The van der Waals surface area contributed by atoms with Crippen molar-refractivity contribution in [1.29, 1.82) is 0 Å². The summed E-state index contributed by atoms with van der Waals surface area (Å²) in [6.07, 6.45) is 8.25. The van der Waals surface area contributed by atoms with Gasteiger partial charge in [0.25, 0.3) is 0 Å². The highest BCUT2D eigenvalue weighted by Crippen LogP contribution is 2.45. The molecule has 0 spiro atoms. The molecule has 124 valence electrons. The summed E-state index contributed by atoms with van der Waals surface area (Å²) in [4.78, 5) is 0. The SMILES string of the molecule is C=C(C)c1ccc(C2=CCC(C)(CC)/C(=C\CC)C2NC)cc1. The molecule has 23 heavy (non-hydrogen) atoms. The maximum atomic E-state index is 4.03. The van der Waals surface area contributed by atoms with Gasteiger partial charge in [-0.2, -0.15) is 0 Å². The van der Waals surface area contributed by atoms with Crippen LogP contribution >= 0.6 is 0 Å². The van der Waals surface area contributed by atoms with Gasteiger partial charge in [0.1, 0.15) is 0 Å². The summed E-state index contributed by atoms with van der Waals surface area (Å²) in [6.45, 7) is 13.0. The number of hydrogen-bond acceptors (Lipinski definition) is 1. The van der Waals surface area contributed by atoms with Crippen molar-refractivity contribution in [2.24, 2.45) is 5.41 Å². The van der Waals surface area contributed by atoms with E-state index >= 15 is 0 Å². The van der Waals surface area contributed by atoms with E-state index in [1.54, 1.807) is 5.57 Å². The van der Waals surface area contributed by atoms with Crippen LogP contribution in [0.3, 0.4) is 0 Å². The number of allylic oxidation sites excluding steroid dienone is 3. The molecule has 0 heterocycles. The van der Waals surface area contributed by atoms with Crippen LogP contribution in [0.4, 0.5) is 0 Å².